The minimum absolute atomic E-state index is 0. The van der Waals surface area contributed by atoms with Crippen LogP contribution in [0.3, 0.4) is 0 Å². The molecule has 0 radical (unpaired) electrons. The molecule has 4 heteroatoms. The zero-order valence-corrected chi connectivity index (χ0v) is 9.46. The van der Waals surface area contributed by atoms with Crippen LogP contribution in [0.4, 0.5) is 0 Å². The Hall–Kier alpha value is 1.37. The van der Waals surface area contributed by atoms with Gasteiger partial charge in [0.2, 0.25) is 0 Å². The average molecular weight is 244 g/mol. The minimum Gasteiger partial charge on any atom is -1.00 e. The fourth-order valence-electron chi connectivity index (χ4n) is 0.0929. The summed E-state index contributed by atoms with van der Waals surface area (Å²) in [6.07, 6.45) is 1.55. The van der Waals surface area contributed by atoms with E-state index in [-0.39, 0.29) is 51.7 Å². The minimum atomic E-state index is -0.657. The average Bonchev–Trinajstić information content (AvgIpc) is 1.61. The number of hydrogen-bond acceptors (Lipinski definition) is 2. The van der Waals surface area contributed by atoms with E-state index in [2.05, 4.69) is 11.1 Å². The Morgan fingerprint density at radius 2 is 2.57 bits per heavy atom. The first-order chi connectivity index (χ1) is 2.91. The Kier molecular flexibility index (Phi) is 16.6. The largest absolute Gasteiger partial charge is 2.00 e. The normalized spacial score (nSPS) is 7.43. The molecular formula is C3H8BaO2P+. The summed E-state index contributed by atoms with van der Waals surface area (Å²) in [6.45, 7) is 3.72. The van der Waals surface area contributed by atoms with E-state index in [1.54, 1.807) is 6.08 Å². The molecule has 0 heterocycles. The van der Waals surface area contributed by atoms with Crippen LogP contribution in [0.5, 0.6) is 0 Å². The maximum absolute atomic E-state index is 9.45. The van der Waals surface area contributed by atoms with Gasteiger partial charge in [-0.2, -0.15) is 0 Å². The van der Waals surface area contributed by atoms with Gasteiger partial charge in [0.05, 0.1) is 0 Å². The van der Waals surface area contributed by atoms with Crippen LogP contribution < -0.4 is 0 Å². The van der Waals surface area contributed by atoms with E-state index >= 15 is 0 Å². The van der Waals surface area contributed by atoms with Gasteiger partial charge in [-0.15, -0.1) is 11.1 Å². The summed E-state index contributed by atoms with van der Waals surface area (Å²) >= 11 is 0. The molecule has 0 saturated heterocycles. The molecule has 0 N–H and O–H groups in total. The fraction of sp³-hybridized carbons (Fsp3) is 0.333. The van der Waals surface area contributed by atoms with Gasteiger partial charge >= 0.3 is 57.6 Å². The van der Waals surface area contributed by atoms with Gasteiger partial charge in [-0.05, 0) is 4.57 Å². The Morgan fingerprint density at radius 1 is 2.00 bits per heavy atom. The third-order valence-electron chi connectivity index (χ3n) is 0.260. The third-order valence-corrected chi connectivity index (χ3v) is 0.545. The summed E-state index contributed by atoms with van der Waals surface area (Å²) < 4.78 is 13.8. The maximum Gasteiger partial charge on any atom is 2.00 e. The van der Waals surface area contributed by atoms with Gasteiger partial charge < -0.3 is 2.85 Å². The first-order valence-electron chi connectivity index (χ1n) is 1.51. The van der Waals surface area contributed by atoms with Crippen LogP contribution in [0.25, 0.3) is 0 Å². The molecule has 7 heavy (non-hydrogen) atoms. The fourth-order valence-corrected chi connectivity index (χ4v) is 0.279. The van der Waals surface area contributed by atoms with E-state index < -0.39 is 8.69 Å². The van der Waals surface area contributed by atoms with Crippen molar-refractivity contribution in [3.8, 4) is 0 Å². The smallest absolute Gasteiger partial charge is 1.00 e. The van der Waals surface area contributed by atoms with Crippen LogP contribution >= 0.6 is 8.69 Å². The second-order valence-corrected chi connectivity index (χ2v) is 1.14. The molecule has 2 nitrogen and oxygen atoms in total. The molecule has 0 aromatic heterocycles. The van der Waals surface area contributed by atoms with Crippen LogP contribution in [0, 0.1) is 0 Å². The van der Waals surface area contributed by atoms with Crippen molar-refractivity contribution in [2.75, 3.05) is 6.61 Å². The quantitative estimate of drug-likeness (QED) is 0.320. The standard InChI is InChI=1S/C3H6O2P.Ba.2H/c1-2-3-5-6-4;;;/h2,6H,1,3H2;;;/q+1;+2;2*-1. The van der Waals surface area contributed by atoms with E-state index in [4.69, 9.17) is 0 Å². The van der Waals surface area contributed by atoms with Crippen molar-refractivity contribution in [3.05, 3.63) is 12.7 Å². The Bertz CT molecular complexity index is 55.8. The van der Waals surface area contributed by atoms with Crippen molar-refractivity contribution in [2.24, 2.45) is 0 Å². The van der Waals surface area contributed by atoms with Crippen molar-refractivity contribution in [1.29, 1.82) is 0 Å². The molecule has 0 aliphatic rings. The zero-order valence-electron chi connectivity index (χ0n) is 6.02. The maximum atomic E-state index is 9.45. The van der Waals surface area contributed by atoms with E-state index in [9.17, 15) is 4.57 Å². The summed E-state index contributed by atoms with van der Waals surface area (Å²) in [5.41, 5.74) is 0. The molecule has 0 spiro atoms. The van der Waals surface area contributed by atoms with E-state index in [1.807, 2.05) is 0 Å². The second kappa shape index (κ2) is 10.4. The van der Waals surface area contributed by atoms with Crippen LogP contribution in [0.1, 0.15) is 2.85 Å². The summed E-state index contributed by atoms with van der Waals surface area (Å²) in [6, 6.07) is 0. The Labute approximate surface area is 87.6 Å². The van der Waals surface area contributed by atoms with Gasteiger partial charge in [-0.1, -0.05) is 6.08 Å². The molecule has 1 atom stereocenters. The van der Waals surface area contributed by atoms with Gasteiger partial charge in [-0.3, -0.25) is 0 Å². The predicted octanol–water partition coefficient (Wildman–Crippen LogP) is 0.972. The molecule has 0 aromatic carbocycles. The molecule has 0 fully saturated rings. The topological polar surface area (TPSA) is 26.3 Å². The van der Waals surface area contributed by atoms with E-state index in [0.717, 1.165) is 0 Å². The SMILES string of the molecule is C=CCO[PH+]=O.[Ba+2].[H-].[H-]. The first kappa shape index (κ1) is 11.2. The third kappa shape index (κ3) is 11.1. The molecule has 0 aliphatic heterocycles. The molecule has 0 saturated carbocycles. The predicted molar refractivity (Wildman–Crippen MR) is 33.1 cm³/mol. The van der Waals surface area contributed by atoms with Crippen molar-refractivity contribution >= 4 is 57.6 Å². The zero-order chi connectivity index (χ0) is 4.83. The van der Waals surface area contributed by atoms with Crippen molar-refractivity contribution in [1.82, 2.24) is 0 Å². The Morgan fingerprint density at radius 3 is 2.71 bits per heavy atom. The monoisotopic (exact) mass is 245 g/mol. The van der Waals surface area contributed by atoms with Gasteiger partial charge in [0, 0.05) is 0 Å². The van der Waals surface area contributed by atoms with Crippen molar-refractivity contribution in [2.45, 2.75) is 0 Å². The van der Waals surface area contributed by atoms with Gasteiger partial charge in [0.25, 0.3) is 0 Å². The van der Waals surface area contributed by atoms with Crippen LogP contribution in [0.15, 0.2) is 12.7 Å². The van der Waals surface area contributed by atoms with Crippen LogP contribution in [-0.4, -0.2) is 55.5 Å². The molecule has 0 rings (SSSR count). The van der Waals surface area contributed by atoms with Gasteiger partial charge in [-0.25, -0.2) is 0 Å². The molecule has 0 aliphatic carbocycles. The van der Waals surface area contributed by atoms with Gasteiger partial charge in [0.15, 0.2) is 0 Å². The summed E-state index contributed by atoms with van der Waals surface area (Å²) in [7, 11) is -0.657. The van der Waals surface area contributed by atoms with E-state index in [1.165, 1.54) is 0 Å². The number of rotatable bonds is 3. The Balaban J connectivity index is -0.0000000417. The summed E-state index contributed by atoms with van der Waals surface area (Å²) in [4.78, 5) is 0. The molecular weight excluding hydrogens is 236 g/mol. The second-order valence-electron chi connectivity index (χ2n) is 0.683. The van der Waals surface area contributed by atoms with E-state index in [0.29, 0.717) is 6.61 Å². The first-order valence-corrected chi connectivity index (χ1v) is 2.33. The summed E-state index contributed by atoms with van der Waals surface area (Å²) in [5.74, 6) is 0. The van der Waals surface area contributed by atoms with Crippen LogP contribution in [-0.2, 0) is 9.09 Å². The van der Waals surface area contributed by atoms with Gasteiger partial charge in [0.1, 0.15) is 6.61 Å². The number of hydrogen-bond donors (Lipinski definition) is 0. The van der Waals surface area contributed by atoms with Crippen molar-refractivity contribution < 1.29 is 11.9 Å². The van der Waals surface area contributed by atoms with Crippen LogP contribution in [0.2, 0.25) is 0 Å². The molecule has 0 aromatic rings. The van der Waals surface area contributed by atoms with Crippen molar-refractivity contribution in [3.63, 3.8) is 0 Å². The molecule has 1 unspecified atom stereocenters. The molecule has 0 amide bonds. The molecule has 0 bridgehead atoms. The summed E-state index contributed by atoms with van der Waals surface area (Å²) in [5, 5.41) is 0. The molecule has 38 valence electrons.